The van der Waals surface area contributed by atoms with Gasteiger partial charge in [-0.25, -0.2) is 28.8 Å². The van der Waals surface area contributed by atoms with E-state index in [1.54, 1.807) is 11.0 Å². The molecule has 4 atom stereocenters. The third-order valence-electron chi connectivity index (χ3n) is 6.63. The van der Waals surface area contributed by atoms with E-state index in [0.29, 0.717) is 34.7 Å². The predicted molar refractivity (Wildman–Crippen MR) is 147 cm³/mol. The van der Waals surface area contributed by atoms with Crippen molar-refractivity contribution in [1.29, 1.82) is 0 Å². The quantitative estimate of drug-likeness (QED) is 0.112. The van der Waals surface area contributed by atoms with Crippen molar-refractivity contribution in [3.05, 3.63) is 64.1 Å². The Morgan fingerprint density at radius 1 is 1.19 bits per heavy atom. The van der Waals surface area contributed by atoms with Gasteiger partial charge in [-0.3, -0.25) is 14.4 Å². The van der Waals surface area contributed by atoms with Gasteiger partial charge in [0.15, 0.2) is 12.2 Å². The molecule has 1 aliphatic heterocycles. The first-order valence-corrected chi connectivity index (χ1v) is 12.9. The zero-order valence-electron chi connectivity index (χ0n) is 23.5. The molecule has 1 aliphatic rings. The molecule has 16 heteroatoms. The maximum Gasteiger partial charge on any atom is 0.419 e. The van der Waals surface area contributed by atoms with Gasteiger partial charge in [-0.2, -0.15) is 0 Å². The number of rotatable bonds is 11. The molecule has 2 heterocycles. The number of aliphatic hydroxyl groups is 2. The fourth-order valence-electron chi connectivity index (χ4n) is 4.03. The second kappa shape index (κ2) is 13.7. The molecule has 3 rings (SSSR count). The van der Waals surface area contributed by atoms with Crippen LogP contribution >= 0.6 is 0 Å². The van der Waals surface area contributed by atoms with Crippen LogP contribution in [0.25, 0.3) is 5.69 Å². The second-order valence-corrected chi connectivity index (χ2v) is 9.63. The monoisotopic (exact) mass is 601 g/mol. The average molecular weight is 602 g/mol. The van der Waals surface area contributed by atoms with Gasteiger partial charge < -0.3 is 35.0 Å². The standard InChI is InChI=1S/C27H31N5O11/c1-5-14(2)28-26-29-19-11-31(12-33)15(3)10-18(19)23(37)32(26)17-8-6-16(7-9-17)22(36)30(4)27(41)43-13-42-25(40)21(35)20(34)24(38)39/h5-9,12,14-15,20-21,34-35H,1,10-11,13H2,2-4H3,(H,28,29)(H,38,39). The highest BCUT2D eigenvalue weighted by atomic mass is 16.7. The second-order valence-electron chi connectivity index (χ2n) is 9.63. The molecule has 0 fully saturated rings. The van der Waals surface area contributed by atoms with E-state index < -0.39 is 42.9 Å². The number of imide groups is 1. The summed E-state index contributed by atoms with van der Waals surface area (Å²) in [7, 11) is 1.09. The number of nitrogens with one attached hydrogen (secondary N) is 1. The number of benzene rings is 1. The summed E-state index contributed by atoms with van der Waals surface area (Å²) in [4.78, 5) is 79.1. The van der Waals surface area contributed by atoms with E-state index in [2.05, 4.69) is 26.4 Å². The lowest BCUT2D eigenvalue weighted by Crippen LogP contribution is -2.42. The minimum Gasteiger partial charge on any atom is -0.479 e. The molecular formula is C27H31N5O11. The number of carbonyl (C=O) groups is 5. The number of nitrogens with zero attached hydrogens (tertiary/aromatic N) is 4. The number of hydrogen-bond donors (Lipinski definition) is 4. The van der Waals surface area contributed by atoms with E-state index in [1.807, 2.05) is 13.8 Å². The maximum absolute atomic E-state index is 13.6. The number of aromatic nitrogens is 2. The Bertz CT molecular complexity index is 1470. The van der Waals surface area contributed by atoms with Gasteiger partial charge in [-0.05, 0) is 44.5 Å². The minimum atomic E-state index is -2.45. The summed E-state index contributed by atoms with van der Waals surface area (Å²) in [6.07, 6.45) is -3.47. The molecule has 43 heavy (non-hydrogen) atoms. The van der Waals surface area contributed by atoms with Gasteiger partial charge in [0.2, 0.25) is 19.2 Å². The fraction of sp³-hybridized carbons (Fsp3) is 0.370. The van der Waals surface area contributed by atoms with E-state index in [1.165, 1.54) is 28.8 Å². The summed E-state index contributed by atoms with van der Waals surface area (Å²) in [6.45, 7) is 6.47. The molecule has 230 valence electrons. The molecule has 3 amide bonds. The zero-order valence-corrected chi connectivity index (χ0v) is 23.5. The van der Waals surface area contributed by atoms with Crippen LogP contribution in [-0.2, 0) is 36.8 Å². The van der Waals surface area contributed by atoms with E-state index in [0.717, 1.165) is 7.05 Å². The van der Waals surface area contributed by atoms with Crippen molar-refractivity contribution in [2.45, 2.75) is 51.1 Å². The molecule has 1 aromatic carbocycles. The highest BCUT2D eigenvalue weighted by molar-refractivity contribution is 6.02. The molecule has 0 saturated carbocycles. The maximum atomic E-state index is 13.6. The number of amides is 3. The summed E-state index contributed by atoms with van der Waals surface area (Å²) in [6, 6.07) is 5.22. The molecule has 4 unspecified atom stereocenters. The third-order valence-corrected chi connectivity index (χ3v) is 6.63. The first-order valence-electron chi connectivity index (χ1n) is 12.9. The van der Waals surface area contributed by atoms with Crippen molar-refractivity contribution in [1.82, 2.24) is 19.4 Å². The number of fused-ring (bicyclic) bond motifs is 1. The van der Waals surface area contributed by atoms with Gasteiger partial charge in [0.1, 0.15) is 0 Å². The number of hydrogen-bond acceptors (Lipinski definition) is 12. The van der Waals surface area contributed by atoms with Crippen LogP contribution in [0.1, 0.15) is 35.5 Å². The van der Waals surface area contributed by atoms with Crippen LogP contribution in [0.3, 0.4) is 0 Å². The number of carboxylic acids is 1. The lowest BCUT2D eigenvalue weighted by atomic mass is 10.0. The number of aliphatic carboxylic acids is 1. The van der Waals surface area contributed by atoms with Crippen LogP contribution in [0.15, 0.2) is 41.7 Å². The Morgan fingerprint density at radius 2 is 1.84 bits per heavy atom. The minimum absolute atomic E-state index is 0.0309. The normalized spacial score (nSPS) is 16.1. The number of carbonyl (C=O) groups excluding carboxylic acids is 4. The van der Waals surface area contributed by atoms with Crippen LogP contribution < -0.4 is 10.9 Å². The molecule has 1 aromatic heterocycles. The predicted octanol–water partition coefficient (Wildman–Crippen LogP) is -0.362. The Morgan fingerprint density at radius 3 is 2.42 bits per heavy atom. The van der Waals surface area contributed by atoms with Crippen LogP contribution in [0.4, 0.5) is 10.7 Å². The van der Waals surface area contributed by atoms with Gasteiger partial charge in [0.25, 0.3) is 11.5 Å². The van der Waals surface area contributed by atoms with Crippen LogP contribution in [-0.4, -0.2) is 103 Å². The van der Waals surface area contributed by atoms with E-state index in [-0.39, 0.29) is 35.7 Å². The van der Waals surface area contributed by atoms with Crippen molar-refractivity contribution in [3.63, 3.8) is 0 Å². The fourth-order valence-corrected chi connectivity index (χ4v) is 4.03. The Kier molecular flexibility index (Phi) is 10.3. The number of ether oxygens (including phenoxy) is 2. The molecule has 0 saturated heterocycles. The number of aliphatic hydroxyl groups excluding tert-OH is 2. The largest absolute Gasteiger partial charge is 0.479 e. The summed E-state index contributed by atoms with van der Waals surface area (Å²) in [5, 5.41) is 30.3. The topological polar surface area (TPSA) is 218 Å². The van der Waals surface area contributed by atoms with Gasteiger partial charge in [0.05, 0.1) is 17.9 Å². The average Bonchev–Trinajstić information content (AvgIpc) is 2.99. The Balaban J connectivity index is 1.78. The van der Waals surface area contributed by atoms with Crippen molar-refractivity contribution in [2.75, 3.05) is 19.2 Å². The SMILES string of the molecule is C=CC(C)Nc1nc2c(c(=O)n1-c1ccc(C(=O)N(C)C(=O)OCOC(=O)C(O)C(O)C(=O)O)cc1)CC(C)N(C=O)C2. The highest BCUT2D eigenvalue weighted by Gasteiger charge is 2.32. The lowest BCUT2D eigenvalue weighted by molar-refractivity contribution is -0.175. The molecule has 4 N–H and O–H groups in total. The van der Waals surface area contributed by atoms with Crippen LogP contribution in [0.5, 0.6) is 0 Å². The smallest absolute Gasteiger partial charge is 0.419 e. The highest BCUT2D eigenvalue weighted by Crippen LogP contribution is 2.22. The van der Waals surface area contributed by atoms with Crippen LogP contribution in [0.2, 0.25) is 0 Å². The lowest BCUT2D eigenvalue weighted by Gasteiger charge is -2.31. The van der Waals surface area contributed by atoms with Gasteiger partial charge in [-0.15, -0.1) is 6.58 Å². The number of anilines is 1. The van der Waals surface area contributed by atoms with Gasteiger partial charge in [0, 0.05) is 30.3 Å². The van der Waals surface area contributed by atoms with Crippen LogP contribution in [0, 0.1) is 0 Å². The number of esters is 1. The van der Waals surface area contributed by atoms with Crippen molar-refractivity contribution >= 4 is 36.3 Å². The van der Waals surface area contributed by atoms with Gasteiger partial charge in [-0.1, -0.05) is 6.08 Å². The third kappa shape index (κ3) is 7.22. The zero-order chi connectivity index (χ0) is 32.0. The Labute approximate surface area is 244 Å². The van der Waals surface area contributed by atoms with E-state index >= 15 is 0 Å². The molecule has 0 radical (unpaired) electrons. The summed E-state index contributed by atoms with van der Waals surface area (Å²) in [5.74, 6) is -4.05. The molecule has 2 aromatic rings. The molecule has 0 bridgehead atoms. The van der Waals surface area contributed by atoms with Crippen molar-refractivity contribution < 1.29 is 48.8 Å². The summed E-state index contributed by atoms with van der Waals surface area (Å²) < 4.78 is 10.4. The summed E-state index contributed by atoms with van der Waals surface area (Å²) >= 11 is 0. The first kappa shape index (κ1) is 32.4. The summed E-state index contributed by atoms with van der Waals surface area (Å²) in [5.41, 5.74) is 0.964. The van der Waals surface area contributed by atoms with Crippen molar-refractivity contribution in [2.24, 2.45) is 0 Å². The Hall–Kier alpha value is -5.09. The number of carboxylic acid groups (broad SMARTS) is 1. The molecule has 0 spiro atoms. The molecule has 0 aliphatic carbocycles. The van der Waals surface area contributed by atoms with E-state index in [9.17, 15) is 33.9 Å². The molecule has 16 nitrogen and oxygen atoms in total. The van der Waals surface area contributed by atoms with Gasteiger partial charge >= 0.3 is 18.0 Å². The first-order chi connectivity index (χ1) is 20.3. The van der Waals surface area contributed by atoms with E-state index in [4.69, 9.17) is 10.2 Å². The van der Waals surface area contributed by atoms with Crippen molar-refractivity contribution in [3.8, 4) is 5.69 Å². The molecular weight excluding hydrogens is 570 g/mol.